The van der Waals surface area contributed by atoms with Gasteiger partial charge in [0.15, 0.2) is 11.0 Å². The van der Waals surface area contributed by atoms with E-state index in [-0.39, 0.29) is 17.9 Å². The number of aromatic amines is 1. The molecule has 0 fully saturated rings. The Bertz CT molecular complexity index is 1520. The van der Waals surface area contributed by atoms with Gasteiger partial charge in [0.1, 0.15) is 5.82 Å². The molecule has 0 aliphatic heterocycles. The molecule has 0 saturated heterocycles. The van der Waals surface area contributed by atoms with Gasteiger partial charge in [0, 0.05) is 19.6 Å². The van der Waals surface area contributed by atoms with E-state index in [0.717, 1.165) is 37.3 Å². The lowest BCUT2D eigenvalue weighted by atomic mass is 10.1. The number of nitrogens with zero attached hydrogens (tertiary/aromatic N) is 4. The largest absolute Gasteiger partial charge is 0.479 e. The predicted octanol–water partition coefficient (Wildman–Crippen LogP) is 5.18. The van der Waals surface area contributed by atoms with Gasteiger partial charge in [0.2, 0.25) is 5.67 Å². The van der Waals surface area contributed by atoms with E-state index in [1.165, 1.54) is 18.2 Å². The lowest BCUT2D eigenvalue weighted by molar-refractivity contribution is -0.148. The summed E-state index contributed by atoms with van der Waals surface area (Å²) in [7, 11) is 3.80. The summed E-state index contributed by atoms with van der Waals surface area (Å²) in [6, 6.07) is 7.95. The van der Waals surface area contributed by atoms with Gasteiger partial charge < -0.3 is 14.9 Å². The van der Waals surface area contributed by atoms with Crippen molar-refractivity contribution >= 4 is 32.7 Å². The number of rotatable bonds is 8. The van der Waals surface area contributed by atoms with Crippen LogP contribution in [0.25, 0.3) is 21.6 Å². The molecule has 216 valence electrons. The number of carboxylic acids is 1. The Balaban J connectivity index is 0.000000559. The van der Waals surface area contributed by atoms with Gasteiger partial charge in [-0.05, 0) is 63.8 Å². The normalized spacial score (nSPS) is 11.9. The van der Waals surface area contributed by atoms with E-state index >= 15 is 0 Å². The van der Waals surface area contributed by atoms with Crippen LogP contribution in [0.5, 0.6) is 0 Å². The predicted molar refractivity (Wildman–Crippen MR) is 140 cm³/mol. The van der Waals surface area contributed by atoms with Gasteiger partial charge in [-0.1, -0.05) is 22.6 Å². The van der Waals surface area contributed by atoms with Gasteiger partial charge >= 0.3 is 17.9 Å². The van der Waals surface area contributed by atoms with Crippen molar-refractivity contribution in [2.24, 2.45) is 0 Å². The molecular weight excluding hydrogens is 561 g/mol. The van der Waals surface area contributed by atoms with Crippen LogP contribution in [0.15, 0.2) is 45.7 Å². The number of anilines is 1. The topological polar surface area (TPSA) is 116 Å². The molecule has 2 heterocycles. The number of aliphatic carboxylic acids is 1. The van der Waals surface area contributed by atoms with Crippen molar-refractivity contribution in [3.63, 3.8) is 0 Å². The molecule has 0 aliphatic carbocycles. The standard InChI is InChI=1S/C21H19F4N5O2S.C4H7FO2/c1-29(2)7-8-30(19-26-16-6-4-13(21(23,24)25)10-17(16)33-19)11-12-3-5-14(15(22)9-12)18-27-20(31)32-28-18;1-4(2,5)3(6)7/h3-6,9-10H,7-8,11H2,1-2H3,(H,27,28,31);1-2H3,(H,6,7). The van der Waals surface area contributed by atoms with Crippen LogP contribution in [0.4, 0.5) is 27.1 Å². The summed E-state index contributed by atoms with van der Waals surface area (Å²) < 4.78 is 70.7. The molecule has 15 heteroatoms. The van der Waals surface area contributed by atoms with Crippen molar-refractivity contribution in [3.8, 4) is 11.4 Å². The fourth-order valence-electron chi connectivity index (χ4n) is 3.20. The third kappa shape index (κ3) is 8.08. The fourth-order valence-corrected chi connectivity index (χ4v) is 4.23. The van der Waals surface area contributed by atoms with Crippen LogP contribution in [-0.4, -0.2) is 64.0 Å². The van der Waals surface area contributed by atoms with Crippen molar-refractivity contribution in [1.29, 1.82) is 0 Å². The van der Waals surface area contributed by atoms with Gasteiger partial charge in [-0.3, -0.25) is 9.51 Å². The van der Waals surface area contributed by atoms with Crippen LogP contribution in [0.3, 0.4) is 0 Å². The first-order valence-corrected chi connectivity index (χ1v) is 12.5. The average Bonchev–Trinajstić information content (AvgIpc) is 3.46. The fraction of sp³-hybridized carbons (Fsp3) is 0.360. The highest BCUT2D eigenvalue weighted by Crippen LogP contribution is 2.36. The Morgan fingerprint density at radius 2 is 1.77 bits per heavy atom. The second kappa shape index (κ2) is 12.1. The molecular formula is C25H26F5N5O4S. The zero-order valence-corrected chi connectivity index (χ0v) is 22.7. The first-order valence-electron chi connectivity index (χ1n) is 11.7. The van der Waals surface area contributed by atoms with Crippen molar-refractivity contribution in [3.05, 3.63) is 63.9 Å². The Morgan fingerprint density at radius 3 is 2.30 bits per heavy atom. The molecule has 40 heavy (non-hydrogen) atoms. The number of fused-ring (bicyclic) bond motifs is 1. The number of thiazole rings is 1. The average molecular weight is 588 g/mol. The number of hydrogen-bond acceptors (Lipinski definition) is 8. The molecule has 4 rings (SSSR count). The maximum absolute atomic E-state index is 14.7. The van der Waals surface area contributed by atoms with E-state index in [4.69, 9.17) is 5.11 Å². The molecule has 0 unspecified atom stereocenters. The summed E-state index contributed by atoms with van der Waals surface area (Å²) in [5, 5.41) is 11.9. The highest BCUT2D eigenvalue weighted by Gasteiger charge is 2.31. The van der Waals surface area contributed by atoms with Crippen LogP contribution >= 0.6 is 11.3 Å². The molecule has 2 N–H and O–H groups in total. The minimum absolute atomic E-state index is 0.0137. The summed E-state index contributed by atoms with van der Waals surface area (Å²) in [6.45, 7) is 3.46. The van der Waals surface area contributed by atoms with E-state index in [0.29, 0.717) is 34.0 Å². The zero-order valence-electron chi connectivity index (χ0n) is 21.8. The number of alkyl halides is 4. The summed E-state index contributed by atoms with van der Waals surface area (Å²) >= 11 is 1.15. The number of hydrogen-bond donors (Lipinski definition) is 2. The molecule has 0 radical (unpaired) electrons. The highest BCUT2D eigenvalue weighted by molar-refractivity contribution is 7.22. The van der Waals surface area contributed by atoms with Crippen LogP contribution in [0.1, 0.15) is 25.0 Å². The van der Waals surface area contributed by atoms with Crippen molar-refractivity contribution < 1.29 is 36.4 Å². The number of likely N-dealkylation sites (N-methyl/N-ethyl adjacent to an activating group) is 1. The molecule has 2 aromatic carbocycles. The molecule has 0 amide bonds. The monoisotopic (exact) mass is 587 g/mol. The van der Waals surface area contributed by atoms with Crippen LogP contribution in [0, 0.1) is 5.82 Å². The maximum Gasteiger partial charge on any atom is 0.439 e. The van der Waals surface area contributed by atoms with E-state index < -0.39 is 35.0 Å². The second-order valence-corrected chi connectivity index (χ2v) is 10.4. The minimum atomic E-state index is -4.43. The van der Waals surface area contributed by atoms with Gasteiger partial charge in [-0.2, -0.15) is 13.2 Å². The van der Waals surface area contributed by atoms with Gasteiger partial charge in [-0.25, -0.2) is 23.4 Å². The highest BCUT2D eigenvalue weighted by atomic mass is 32.1. The van der Waals surface area contributed by atoms with Crippen molar-refractivity contribution in [2.45, 2.75) is 32.2 Å². The number of carbonyl (C=O) groups is 1. The second-order valence-electron chi connectivity index (χ2n) is 9.44. The number of nitrogens with one attached hydrogen (secondary N) is 1. The lowest BCUT2D eigenvalue weighted by Gasteiger charge is -2.24. The number of H-pyrrole nitrogens is 1. The van der Waals surface area contributed by atoms with Gasteiger partial charge in [0.25, 0.3) is 0 Å². The summed E-state index contributed by atoms with van der Waals surface area (Å²) in [4.78, 5) is 31.4. The third-order valence-corrected chi connectivity index (χ3v) is 6.48. The SMILES string of the molecule is CC(C)(F)C(=O)O.CN(C)CCN(Cc1ccc(-c2noc(=O)[nH]2)c(F)c1)c1nc2ccc(C(F)(F)F)cc2s1. The van der Waals surface area contributed by atoms with Crippen LogP contribution in [-0.2, 0) is 17.5 Å². The van der Waals surface area contributed by atoms with Gasteiger partial charge in [0.05, 0.1) is 21.3 Å². The Kier molecular flexibility index (Phi) is 9.30. The van der Waals surface area contributed by atoms with Crippen LogP contribution in [0.2, 0.25) is 0 Å². The van der Waals surface area contributed by atoms with Crippen molar-refractivity contribution in [2.75, 3.05) is 32.1 Å². The zero-order chi connectivity index (χ0) is 29.8. The molecule has 0 atom stereocenters. The molecule has 0 bridgehead atoms. The number of benzene rings is 2. The number of carboxylic acid groups (broad SMARTS) is 1. The molecule has 2 aromatic heterocycles. The van der Waals surface area contributed by atoms with E-state index in [2.05, 4.69) is 19.6 Å². The summed E-state index contributed by atoms with van der Waals surface area (Å²) in [5.74, 6) is -2.82. The van der Waals surface area contributed by atoms with Crippen LogP contribution < -0.4 is 10.7 Å². The summed E-state index contributed by atoms with van der Waals surface area (Å²) in [5.41, 5.74) is -1.64. The Labute approximate surface area is 228 Å². The van der Waals surface area contributed by atoms with E-state index in [1.54, 1.807) is 6.07 Å². The summed E-state index contributed by atoms with van der Waals surface area (Å²) in [6.07, 6.45) is -4.43. The number of aromatic nitrogens is 3. The Hall–Kier alpha value is -3.85. The van der Waals surface area contributed by atoms with E-state index in [9.17, 15) is 31.5 Å². The Morgan fingerprint density at radius 1 is 1.10 bits per heavy atom. The minimum Gasteiger partial charge on any atom is -0.479 e. The molecule has 0 saturated carbocycles. The molecule has 4 aromatic rings. The number of halogens is 5. The van der Waals surface area contributed by atoms with Crippen molar-refractivity contribution in [1.82, 2.24) is 20.0 Å². The molecule has 9 nitrogen and oxygen atoms in total. The smallest absolute Gasteiger partial charge is 0.439 e. The van der Waals surface area contributed by atoms with E-state index in [1.807, 2.05) is 23.9 Å². The quantitative estimate of drug-likeness (QED) is 0.271. The molecule has 0 spiro atoms. The maximum atomic E-state index is 14.7. The molecule has 0 aliphatic rings. The first-order chi connectivity index (χ1) is 18.5. The third-order valence-electron chi connectivity index (χ3n) is 5.40. The van der Waals surface area contributed by atoms with Gasteiger partial charge in [-0.15, -0.1) is 0 Å². The first kappa shape index (κ1) is 30.7. The lowest BCUT2D eigenvalue weighted by Crippen LogP contribution is -2.31.